The molecule has 0 saturated heterocycles. The smallest absolute Gasteiger partial charge is 0.372 e. The van der Waals surface area contributed by atoms with Crippen molar-refractivity contribution in [2.45, 2.75) is 18.6 Å². The SMILES string of the molecule is CNC(CCOCC(F)(F)F)c1ccc(Cl)c(Cl)c1. The number of benzene rings is 1. The van der Waals surface area contributed by atoms with Gasteiger partial charge < -0.3 is 10.1 Å². The monoisotopic (exact) mass is 315 g/mol. The number of nitrogens with one attached hydrogen (secondary N) is 1. The van der Waals surface area contributed by atoms with E-state index >= 15 is 0 Å². The number of alkyl halides is 3. The van der Waals surface area contributed by atoms with Crippen LogP contribution in [0.4, 0.5) is 13.2 Å². The Labute approximate surface area is 119 Å². The lowest BCUT2D eigenvalue weighted by molar-refractivity contribution is -0.174. The Bertz CT molecular complexity index is 412. The van der Waals surface area contributed by atoms with E-state index in [1.165, 1.54) is 0 Å². The number of halogens is 5. The van der Waals surface area contributed by atoms with Gasteiger partial charge in [0.1, 0.15) is 6.61 Å². The minimum Gasteiger partial charge on any atom is -0.372 e. The molecule has 1 aromatic carbocycles. The minimum absolute atomic E-state index is 0.00522. The van der Waals surface area contributed by atoms with Crippen LogP contribution in [0.2, 0.25) is 10.0 Å². The minimum atomic E-state index is -4.29. The Balaban J connectivity index is 2.51. The predicted molar refractivity (Wildman–Crippen MR) is 69.8 cm³/mol. The summed E-state index contributed by atoms with van der Waals surface area (Å²) in [4.78, 5) is 0. The summed E-state index contributed by atoms with van der Waals surface area (Å²) in [6, 6.07) is 4.98. The number of ether oxygens (including phenoxy) is 1. The van der Waals surface area contributed by atoms with Crippen LogP contribution in [0.1, 0.15) is 18.0 Å². The maximum absolute atomic E-state index is 11.9. The predicted octanol–water partition coefficient (Wildman–Crippen LogP) is 4.22. The Kier molecular flexibility index (Phi) is 6.39. The first-order valence-electron chi connectivity index (χ1n) is 5.60. The van der Waals surface area contributed by atoms with E-state index in [1.807, 2.05) is 0 Å². The lowest BCUT2D eigenvalue weighted by atomic mass is 10.0. The van der Waals surface area contributed by atoms with Crippen LogP contribution in [0.5, 0.6) is 0 Å². The molecule has 0 heterocycles. The van der Waals surface area contributed by atoms with Crippen molar-refractivity contribution in [3.05, 3.63) is 33.8 Å². The third kappa shape index (κ3) is 5.99. The van der Waals surface area contributed by atoms with E-state index in [4.69, 9.17) is 23.2 Å². The van der Waals surface area contributed by atoms with E-state index in [9.17, 15) is 13.2 Å². The molecule has 0 amide bonds. The average molecular weight is 316 g/mol. The fraction of sp³-hybridized carbons (Fsp3) is 0.500. The summed E-state index contributed by atoms with van der Waals surface area (Å²) in [6.07, 6.45) is -3.89. The van der Waals surface area contributed by atoms with Crippen LogP contribution in [0, 0.1) is 0 Å². The van der Waals surface area contributed by atoms with Gasteiger partial charge in [0.2, 0.25) is 0 Å². The van der Waals surface area contributed by atoms with Crippen molar-refractivity contribution in [1.82, 2.24) is 5.32 Å². The second kappa shape index (κ2) is 7.33. The summed E-state index contributed by atoms with van der Waals surface area (Å²) in [6.45, 7) is -1.23. The maximum Gasteiger partial charge on any atom is 0.411 e. The first-order chi connectivity index (χ1) is 8.83. The third-order valence-electron chi connectivity index (χ3n) is 2.51. The molecule has 19 heavy (non-hydrogen) atoms. The molecule has 1 rings (SSSR count). The van der Waals surface area contributed by atoms with Crippen molar-refractivity contribution in [3.63, 3.8) is 0 Å². The van der Waals surface area contributed by atoms with E-state index in [2.05, 4.69) is 10.1 Å². The van der Waals surface area contributed by atoms with Gasteiger partial charge in [-0.25, -0.2) is 0 Å². The molecular weight excluding hydrogens is 302 g/mol. The molecular formula is C12H14Cl2F3NO. The normalized spacial score (nSPS) is 13.6. The molecule has 7 heteroatoms. The van der Waals surface area contributed by atoms with E-state index in [0.29, 0.717) is 16.5 Å². The zero-order valence-corrected chi connectivity index (χ0v) is 11.7. The zero-order chi connectivity index (χ0) is 14.5. The lowest BCUT2D eigenvalue weighted by Gasteiger charge is -2.17. The van der Waals surface area contributed by atoms with Gasteiger partial charge in [-0.15, -0.1) is 0 Å². The van der Waals surface area contributed by atoms with Crippen LogP contribution >= 0.6 is 23.2 Å². The number of hydrogen-bond acceptors (Lipinski definition) is 2. The van der Waals surface area contributed by atoms with Gasteiger partial charge in [-0.1, -0.05) is 29.3 Å². The van der Waals surface area contributed by atoms with Crippen molar-refractivity contribution >= 4 is 23.2 Å². The molecule has 1 N–H and O–H groups in total. The molecule has 0 radical (unpaired) electrons. The molecule has 1 aromatic rings. The third-order valence-corrected chi connectivity index (χ3v) is 3.25. The van der Waals surface area contributed by atoms with Gasteiger partial charge in [-0.3, -0.25) is 0 Å². The highest BCUT2D eigenvalue weighted by atomic mass is 35.5. The second-order valence-electron chi connectivity index (χ2n) is 3.97. The highest BCUT2D eigenvalue weighted by molar-refractivity contribution is 6.42. The standard InChI is InChI=1S/C12H14Cl2F3NO/c1-18-11(4-5-19-7-12(15,16)17)8-2-3-9(13)10(14)6-8/h2-3,6,11,18H,4-5,7H2,1H3. The summed E-state index contributed by atoms with van der Waals surface area (Å²) < 4.78 is 40.3. The van der Waals surface area contributed by atoms with Crippen LogP contribution < -0.4 is 5.32 Å². The molecule has 0 aliphatic rings. The highest BCUT2D eigenvalue weighted by Gasteiger charge is 2.27. The maximum atomic E-state index is 11.9. The molecule has 0 bridgehead atoms. The Morgan fingerprint density at radius 2 is 1.95 bits per heavy atom. The van der Waals surface area contributed by atoms with Crippen LogP contribution in [0.3, 0.4) is 0 Å². The summed E-state index contributed by atoms with van der Waals surface area (Å²) in [7, 11) is 1.72. The quantitative estimate of drug-likeness (QED) is 0.793. The Morgan fingerprint density at radius 3 is 2.47 bits per heavy atom. The van der Waals surface area contributed by atoms with Gasteiger partial charge >= 0.3 is 6.18 Å². The van der Waals surface area contributed by atoms with E-state index in [0.717, 1.165) is 5.56 Å². The fourth-order valence-electron chi connectivity index (χ4n) is 1.60. The molecule has 0 aromatic heterocycles. The largest absolute Gasteiger partial charge is 0.411 e. The molecule has 0 saturated carbocycles. The Morgan fingerprint density at radius 1 is 1.26 bits per heavy atom. The van der Waals surface area contributed by atoms with Crippen molar-refractivity contribution in [3.8, 4) is 0 Å². The summed E-state index contributed by atoms with van der Waals surface area (Å²) in [5.41, 5.74) is 0.854. The van der Waals surface area contributed by atoms with Crippen LogP contribution in [0.25, 0.3) is 0 Å². The van der Waals surface area contributed by atoms with E-state index in [1.54, 1.807) is 25.2 Å². The van der Waals surface area contributed by atoms with Crippen LogP contribution in [-0.4, -0.2) is 26.4 Å². The molecule has 0 spiro atoms. The van der Waals surface area contributed by atoms with Crippen molar-refractivity contribution in [2.24, 2.45) is 0 Å². The fourth-order valence-corrected chi connectivity index (χ4v) is 1.90. The zero-order valence-electron chi connectivity index (χ0n) is 10.2. The van der Waals surface area contributed by atoms with Gasteiger partial charge in [-0.05, 0) is 31.2 Å². The van der Waals surface area contributed by atoms with Crippen LogP contribution in [-0.2, 0) is 4.74 Å². The van der Waals surface area contributed by atoms with Crippen LogP contribution in [0.15, 0.2) is 18.2 Å². The topological polar surface area (TPSA) is 21.3 Å². The van der Waals surface area contributed by atoms with Gasteiger partial charge in [0, 0.05) is 12.6 Å². The van der Waals surface area contributed by atoms with Gasteiger partial charge in [0.05, 0.1) is 10.0 Å². The summed E-state index contributed by atoms with van der Waals surface area (Å²) in [5, 5.41) is 3.85. The lowest BCUT2D eigenvalue weighted by Crippen LogP contribution is -2.21. The summed E-state index contributed by atoms with van der Waals surface area (Å²) >= 11 is 11.7. The molecule has 0 fully saturated rings. The number of hydrogen-bond donors (Lipinski definition) is 1. The molecule has 1 atom stereocenters. The second-order valence-corrected chi connectivity index (χ2v) is 4.79. The number of rotatable bonds is 6. The first kappa shape index (κ1) is 16.6. The molecule has 0 aliphatic carbocycles. The summed E-state index contributed by atoms with van der Waals surface area (Å²) in [5.74, 6) is 0. The van der Waals surface area contributed by atoms with Crippen molar-refractivity contribution < 1.29 is 17.9 Å². The molecule has 0 aliphatic heterocycles. The molecule has 108 valence electrons. The first-order valence-corrected chi connectivity index (χ1v) is 6.36. The molecule has 2 nitrogen and oxygen atoms in total. The van der Waals surface area contributed by atoms with E-state index < -0.39 is 12.8 Å². The van der Waals surface area contributed by atoms with Gasteiger partial charge in [0.15, 0.2) is 0 Å². The average Bonchev–Trinajstić information content (AvgIpc) is 2.32. The van der Waals surface area contributed by atoms with Gasteiger partial charge in [0.25, 0.3) is 0 Å². The highest BCUT2D eigenvalue weighted by Crippen LogP contribution is 2.27. The van der Waals surface area contributed by atoms with Gasteiger partial charge in [-0.2, -0.15) is 13.2 Å². The van der Waals surface area contributed by atoms with E-state index in [-0.39, 0.29) is 12.6 Å². The van der Waals surface area contributed by atoms with Crippen molar-refractivity contribution in [1.29, 1.82) is 0 Å². The molecule has 1 unspecified atom stereocenters. The van der Waals surface area contributed by atoms with Crippen molar-refractivity contribution in [2.75, 3.05) is 20.3 Å². The Hall–Kier alpha value is -0.490.